The SMILES string of the molecule is O=C(Nc1ccc(OCc2ccccc2)cc1)c1csc(C2CCNCC2)n1. The van der Waals surface area contributed by atoms with Gasteiger partial charge in [0, 0.05) is 17.0 Å². The summed E-state index contributed by atoms with van der Waals surface area (Å²) in [5.74, 6) is 1.06. The largest absolute Gasteiger partial charge is 0.489 e. The zero-order chi connectivity index (χ0) is 19.2. The fourth-order valence-corrected chi connectivity index (χ4v) is 4.19. The van der Waals surface area contributed by atoms with Crippen molar-refractivity contribution in [2.24, 2.45) is 0 Å². The van der Waals surface area contributed by atoms with Crippen LogP contribution in [0.15, 0.2) is 60.0 Å². The summed E-state index contributed by atoms with van der Waals surface area (Å²) in [6.45, 7) is 2.56. The molecule has 0 unspecified atom stereocenters. The van der Waals surface area contributed by atoms with Crippen LogP contribution in [-0.2, 0) is 6.61 Å². The summed E-state index contributed by atoms with van der Waals surface area (Å²) >= 11 is 1.58. The number of ether oxygens (including phenoxy) is 1. The van der Waals surface area contributed by atoms with Gasteiger partial charge in [-0.25, -0.2) is 4.98 Å². The second kappa shape index (κ2) is 8.99. The average Bonchev–Trinajstić information content (AvgIpc) is 3.25. The van der Waals surface area contributed by atoms with Crippen LogP contribution in [0.25, 0.3) is 0 Å². The van der Waals surface area contributed by atoms with E-state index in [-0.39, 0.29) is 5.91 Å². The number of hydrogen-bond acceptors (Lipinski definition) is 5. The van der Waals surface area contributed by atoms with Crippen molar-refractivity contribution in [3.8, 4) is 5.75 Å². The van der Waals surface area contributed by atoms with Crippen molar-refractivity contribution < 1.29 is 9.53 Å². The molecule has 144 valence electrons. The molecule has 1 aliphatic rings. The molecule has 0 radical (unpaired) electrons. The Kier molecular flexibility index (Phi) is 5.99. The zero-order valence-corrected chi connectivity index (χ0v) is 16.4. The zero-order valence-electron chi connectivity index (χ0n) is 15.6. The number of piperidine rings is 1. The van der Waals surface area contributed by atoms with Gasteiger partial charge in [-0.3, -0.25) is 4.79 Å². The van der Waals surface area contributed by atoms with Gasteiger partial charge in [-0.15, -0.1) is 11.3 Å². The quantitative estimate of drug-likeness (QED) is 0.650. The maximum Gasteiger partial charge on any atom is 0.275 e. The maximum atomic E-state index is 12.5. The fraction of sp³-hybridized carbons (Fsp3) is 0.273. The third kappa shape index (κ3) is 4.77. The Balaban J connectivity index is 1.32. The van der Waals surface area contributed by atoms with Gasteiger partial charge in [0.05, 0.1) is 5.01 Å². The molecule has 4 rings (SSSR count). The summed E-state index contributed by atoms with van der Waals surface area (Å²) in [4.78, 5) is 17.1. The minimum absolute atomic E-state index is 0.172. The summed E-state index contributed by atoms with van der Waals surface area (Å²) < 4.78 is 5.78. The molecule has 28 heavy (non-hydrogen) atoms. The molecule has 0 spiro atoms. The van der Waals surface area contributed by atoms with Crippen molar-refractivity contribution in [3.63, 3.8) is 0 Å². The highest BCUT2D eigenvalue weighted by Gasteiger charge is 2.20. The Morgan fingerprint density at radius 3 is 2.61 bits per heavy atom. The normalized spacial score (nSPS) is 14.6. The van der Waals surface area contributed by atoms with Crippen molar-refractivity contribution in [2.45, 2.75) is 25.4 Å². The maximum absolute atomic E-state index is 12.5. The number of hydrogen-bond donors (Lipinski definition) is 2. The summed E-state index contributed by atoms with van der Waals surface area (Å²) in [6, 6.07) is 17.4. The van der Waals surface area contributed by atoms with Crippen LogP contribution in [0.5, 0.6) is 5.75 Å². The Morgan fingerprint density at radius 1 is 1.11 bits per heavy atom. The third-order valence-corrected chi connectivity index (χ3v) is 5.81. The highest BCUT2D eigenvalue weighted by molar-refractivity contribution is 7.09. The average molecular weight is 394 g/mol. The first kappa shape index (κ1) is 18.7. The molecular formula is C22H23N3O2S. The van der Waals surface area contributed by atoms with E-state index < -0.39 is 0 Å². The van der Waals surface area contributed by atoms with E-state index >= 15 is 0 Å². The smallest absolute Gasteiger partial charge is 0.275 e. The molecule has 3 aromatic rings. The summed E-state index contributed by atoms with van der Waals surface area (Å²) in [7, 11) is 0. The number of nitrogens with zero attached hydrogens (tertiary/aromatic N) is 1. The lowest BCUT2D eigenvalue weighted by Crippen LogP contribution is -2.26. The Morgan fingerprint density at radius 2 is 1.86 bits per heavy atom. The molecule has 1 aromatic heterocycles. The number of amides is 1. The van der Waals surface area contributed by atoms with Crippen molar-refractivity contribution in [3.05, 3.63) is 76.2 Å². The van der Waals surface area contributed by atoms with Gasteiger partial charge in [-0.2, -0.15) is 0 Å². The van der Waals surface area contributed by atoms with Gasteiger partial charge in [0.2, 0.25) is 0 Å². The number of carbonyl (C=O) groups is 1. The second-order valence-corrected chi connectivity index (χ2v) is 7.74. The lowest BCUT2D eigenvalue weighted by atomic mass is 9.99. The monoisotopic (exact) mass is 393 g/mol. The minimum atomic E-state index is -0.172. The van der Waals surface area contributed by atoms with Gasteiger partial charge in [0.1, 0.15) is 18.1 Å². The molecule has 0 bridgehead atoms. The third-order valence-electron chi connectivity index (χ3n) is 4.80. The van der Waals surface area contributed by atoms with Gasteiger partial charge in [-0.05, 0) is 55.8 Å². The lowest BCUT2D eigenvalue weighted by molar-refractivity contribution is 0.102. The van der Waals surface area contributed by atoms with Gasteiger partial charge >= 0.3 is 0 Å². The van der Waals surface area contributed by atoms with Crippen LogP contribution in [-0.4, -0.2) is 24.0 Å². The molecule has 2 aromatic carbocycles. The van der Waals surface area contributed by atoms with Crippen LogP contribution < -0.4 is 15.4 Å². The van der Waals surface area contributed by atoms with Gasteiger partial charge in [0.25, 0.3) is 5.91 Å². The topological polar surface area (TPSA) is 63.2 Å². The molecule has 1 aliphatic heterocycles. The molecule has 0 aliphatic carbocycles. The Labute approximate surface area is 168 Å². The fourth-order valence-electron chi connectivity index (χ4n) is 3.22. The molecule has 2 heterocycles. The van der Waals surface area contributed by atoms with Crippen LogP contribution >= 0.6 is 11.3 Å². The van der Waals surface area contributed by atoms with E-state index in [9.17, 15) is 4.79 Å². The van der Waals surface area contributed by atoms with Crippen LogP contribution in [0, 0.1) is 0 Å². The molecule has 1 fully saturated rings. The van der Waals surface area contributed by atoms with E-state index in [0.29, 0.717) is 18.2 Å². The van der Waals surface area contributed by atoms with Crippen molar-refractivity contribution in [2.75, 3.05) is 18.4 Å². The molecular weight excluding hydrogens is 370 g/mol. The van der Waals surface area contributed by atoms with Crippen molar-refractivity contribution >= 4 is 22.9 Å². The molecule has 2 N–H and O–H groups in total. The highest BCUT2D eigenvalue weighted by Crippen LogP contribution is 2.28. The molecule has 0 atom stereocenters. The molecule has 6 heteroatoms. The van der Waals surface area contributed by atoms with Crippen LogP contribution in [0.2, 0.25) is 0 Å². The van der Waals surface area contributed by atoms with E-state index in [0.717, 1.165) is 47.9 Å². The molecule has 1 saturated heterocycles. The number of aromatic nitrogens is 1. The van der Waals surface area contributed by atoms with E-state index in [1.165, 1.54) is 0 Å². The van der Waals surface area contributed by atoms with Crippen LogP contribution in [0.4, 0.5) is 5.69 Å². The van der Waals surface area contributed by atoms with E-state index in [1.54, 1.807) is 11.3 Å². The second-order valence-electron chi connectivity index (χ2n) is 6.85. The van der Waals surface area contributed by atoms with Gasteiger partial charge < -0.3 is 15.4 Å². The van der Waals surface area contributed by atoms with E-state index in [2.05, 4.69) is 15.6 Å². The number of thiazole rings is 1. The highest BCUT2D eigenvalue weighted by atomic mass is 32.1. The van der Waals surface area contributed by atoms with Gasteiger partial charge in [-0.1, -0.05) is 30.3 Å². The van der Waals surface area contributed by atoms with Crippen molar-refractivity contribution in [1.29, 1.82) is 0 Å². The number of nitrogens with one attached hydrogen (secondary N) is 2. The van der Waals surface area contributed by atoms with E-state index in [1.807, 2.05) is 60.0 Å². The Bertz CT molecular complexity index is 903. The van der Waals surface area contributed by atoms with Crippen LogP contribution in [0.3, 0.4) is 0 Å². The predicted molar refractivity (Wildman–Crippen MR) is 112 cm³/mol. The van der Waals surface area contributed by atoms with Crippen molar-refractivity contribution in [1.82, 2.24) is 10.3 Å². The number of anilines is 1. The molecule has 5 nitrogen and oxygen atoms in total. The van der Waals surface area contributed by atoms with E-state index in [4.69, 9.17) is 4.74 Å². The van der Waals surface area contributed by atoms with Crippen LogP contribution in [0.1, 0.15) is 39.8 Å². The standard InChI is InChI=1S/C22H23N3O2S/c26-21(20-15-28-22(25-20)17-10-12-23-13-11-17)24-18-6-8-19(9-7-18)27-14-16-4-2-1-3-5-16/h1-9,15,17,23H,10-14H2,(H,24,26). The minimum Gasteiger partial charge on any atom is -0.489 e. The Hall–Kier alpha value is -2.70. The summed E-state index contributed by atoms with van der Waals surface area (Å²) in [5, 5.41) is 9.19. The first-order valence-electron chi connectivity index (χ1n) is 9.52. The summed E-state index contributed by atoms with van der Waals surface area (Å²) in [5.41, 5.74) is 2.34. The molecule has 1 amide bonds. The number of benzene rings is 2. The number of rotatable bonds is 6. The first-order chi connectivity index (χ1) is 13.8. The predicted octanol–water partition coefficient (Wildman–Crippen LogP) is 4.44. The van der Waals surface area contributed by atoms with Gasteiger partial charge in [0.15, 0.2) is 0 Å². The lowest BCUT2D eigenvalue weighted by Gasteiger charge is -2.20. The summed E-state index contributed by atoms with van der Waals surface area (Å²) in [6.07, 6.45) is 2.16. The molecule has 0 saturated carbocycles. The first-order valence-corrected chi connectivity index (χ1v) is 10.4. The number of carbonyl (C=O) groups excluding carboxylic acids is 1.